The molecule has 0 aliphatic carbocycles. The van der Waals surface area contributed by atoms with E-state index in [4.69, 9.17) is 0 Å². The van der Waals surface area contributed by atoms with E-state index in [1.165, 1.54) is 22.9 Å². The van der Waals surface area contributed by atoms with Gasteiger partial charge in [0.05, 0.1) is 8.07 Å². The van der Waals surface area contributed by atoms with E-state index in [-0.39, 0.29) is 0 Å². The maximum Gasteiger partial charge on any atom is 0.0937 e. The predicted octanol–water partition coefficient (Wildman–Crippen LogP) is 4.21. The smallest absolute Gasteiger partial charge is 0.0937 e. The van der Waals surface area contributed by atoms with Gasteiger partial charge in [0.2, 0.25) is 0 Å². The van der Waals surface area contributed by atoms with Gasteiger partial charge in [0.25, 0.3) is 0 Å². The van der Waals surface area contributed by atoms with E-state index in [1.54, 1.807) is 4.50 Å². The van der Waals surface area contributed by atoms with Crippen molar-refractivity contribution in [3.05, 3.63) is 52.9 Å². The zero-order chi connectivity index (χ0) is 12.3. The summed E-state index contributed by atoms with van der Waals surface area (Å²) in [6.07, 6.45) is 1.22. The predicted molar refractivity (Wildman–Crippen MR) is 81.1 cm³/mol. The molecule has 0 nitrogen and oxygen atoms in total. The highest BCUT2D eigenvalue weighted by Crippen LogP contribution is 2.18. The lowest BCUT2D eigenvalue weighted by molar-refractivity contribution is 1.10. The van der Waals surface area contributed by atoms with Crippen molar-refractivity contribution in [3.8, 4) is 0 Å². The lowest BCUT2D eigenvalue weighted by Gasteiger charge is -2.20. The number of hydrogen-bond acceptors (Lipinski definition) is 1. The third-order valence-corrected chi connectivity index (χ3v) is 9.07. The van der Waals surface area contributed by atoms with Crippen molar-refractivity contribution >= 4 is 23.9 Å². The Morgan fingerprint density at radius 2 is 1.71 bits per heavy atom. The summed E-state index contributed by atoms with van der Waals surface area (Å²) >= 11 is 1.99. The van der Waals surface area contributed by atoms with Crippen LogP contribution >= 0.6 is 11.3 Å². The van der Waals surface area contributed by atoms with Crippen molar-refractivity contribution in [1.29, 1.82) is 0 Å². The second-order valence-electron chi connectivity index (χ2n) is 5.28. The SMILES string of the molecule is Cc1ccc([Si](C)(C)CCc2ccccc2)s1. The monoisotopic (exact) mass is 260 g/mol. The van der Waals surface area contributed by atoms with Crippen LogP contribution in [0.1, 0.15) is 10.4 Å². The molecule has 2 rings (SSSR count). The maximum absolute atomic E-state index is 2.49. The van der Waals surface area contributed by atoms with E-state index >= 15 is 0 Å². The van der Waals surface area contributed by atoms with Crippen molar-refractivity contribution in [2.45, 2.75) is 32.5 Å². The first kappa shape index (κ1) is 12.6. The van der Waals surface area contributed by atoms with Gasteiger partial charge in [-0.25, -0.2) is 0 Å². The summed E-state index contributed by atoms with van der Waals surface area (Å²) in [4.78, 5) is 1.44. The molecule has 0 bridgehead atoms. The molecule has 2 aromatic rings. The molecule has 0 amide bonds. The van der Waals surface area contributed by atoms with Crippen LogP contribution < -0.4 is 4.50 Å². The molecule has 0 N–H and O–H groups in total. The zero-order valence-corrected chi connectivity index (χ0v) is 12.7. The molecule has 0 radical (unpaired) electrons. The summed E-state index contributed by atoms with van der Waals surface area (Å²) in [6.45, 7) is 7.18. The third-order valence-electron chi connectivity index (χ3n) is 3.29. The molecule has 0 saturated heterocycles. The molecule has 1 aromatic carbocycles. The average molecular weight is 260 g/mol. The topological polar surface area (TPSA) is 0 Å². The first-order valence-electron chi connectivity index (χ1n) is 6.19. The molecule has 0 saturated carbocycles. The molecule has 90 valence electrons. The van der Waals surface area contributed by atoms with Gasteiger partial charge in [-0.2, -0.15) is 11.3 Å². The van der Waals surface area contributed by atoms with Crippen LogP contribution in [0.2, 0.25) is 19.1 Å². The lowest BCUT2D eigenvalue weighted by Crippen LogP contribution is -2.39. The second-order valence-corrected chi connectivity index (χ2v) is 11.7. The standard InChI is InChI=1S/C15H20SSi/c1-13-9-10-15(16-13)17(2,3)12-11-14-7-5-4-6-8-14/h4-10H,11-12H2,1-3H3. The average Bonchev–Trinajstić information content (AvgIpc) is 2.76. The second kappa shape index (κ2) is 5.19. The normalized spacial score (nSPS) is 11.7. The Kier molecular flexibility index (Phi) is 3.85. The molecule has 0 atom stereocenters. The summed E-state index contributed by atoms with van der Waals surface area (Å²) in [5.41, 5.74) is 1.47. The summed E-state index contributed by atoms with van der Waals surface area (Å²) in [5, 5.41) is 0. The van der Waals surface area contributed by atoms with Crippen LogP contribution in [0.25, 0.3) is 0 Å². The third kappa shape index (κ3) is 3.30. The molecular formula is C15H20SSi. The van der Waals surface area contributed by atoms with Gasteiger partial charge in [-0.1, -0.05) is 49.5 Å². The number of aryl methyl sites for hydroxylation is 2. The van der Waals surface area contributed by atoms with Crippen LogP contribution in [-0.4, -0.2) is 8.07 Å². The van der Waals surface area contributed by atoms with Crippen molar-refractivity contribution in [3.63, 3.8) is 0 Å². The van der Waals surface area contributed by atoms with E-state index in [0.29, 0.717) is 0 Å². The Morgan fingerprint density at radius 3 is 2.29 bits per heavy atom. The molecule has 17 heavy (non-hydrogen) atoms. The van der Waals surface area contributed by atoms with Gasteiger partial charge in [-0.05, 0) is 35.5 Å². The molecule has 0 spiro atoms. The largest absolute Gasteiger partial charge is 0.150 e. The van der Waals surface area contributed by atoms with Crippen LogP contribution in [0.4, 0.5) is 0 Å². The Balaban J connectivity index is 2.03. The fourth-order valence-corrected chi connectivity index (χ4v) is 6.23. The Morgan fingerprint density at radius 1 is 1.00 bits per heavy atom. The highest BCUT2D eigenvalue weighted by molar-refractivity contribution is 7.26. The van der Waals surface area contributed by atoms with E-state index in [0.717, 1.165) is 0 Å². The van der Waals surface area contributed by atoms with Gasteiger partial charge < -0.3 is 0 Å². The Bertz CT molecular complexity index is 471. The molecule has 0 unspecified atom stereocenters. The van der Waals surface area contributed by atoms with Crippen LogP contribution in [-0.2, 0) is 6.42 Å². The van der Waals surface area contributed by atoms with E-state index < -0.39 is 8.07 Å². The Labute approximate surface area is 109 Å². The van der Waals surface area contributed by atoms with Gasteiger partial charge in [0.1, 0.15) is 0 Å². The van der Waals surface area contributed by atoms with Gasteiger partial charge in [-0.15, -0.1) is 0 Å². The summed E-state index contributed by atoms with van der Waals surface area (Å²) < 4.78 is 1.64. The van der Waals surface area contributed by atoms with Crippen LogP contribution in [0, 0.1) is 6.92 Å². The van der Waals surface area contributed by atoms with Crippen LogP contribution in [0.15, 0.2) is 42.5 Å². The molecule has 0 aliphatic rings. The van der Waals surface area contributed by atoms with Crippen molar-refractivity contribution < 1.29 is 0 Å². The molecule has 1 heterocycles. The van der Waals surface area contributed by atoms with Crippen LogP contribution in [0.5, 0.6) is 0 Å². The molecule has 2 heteroatoms. The van der Waals surface area contributed by atoms with Gasteiger partial charge in [-0.3, -0.25) is 0 Å². The van der Waals surface area contributed by atoms with E-state index in [2.05, 4.69) is 62.5 Å². The highest BCUT2D eigenvalue weighted by atomic mass is 32.1. The summed E-state index contributed by atoms with van der Waals surface area (Å²) in [6, 6.07) is 16.8. The fourth-order valence-electron chi connectivity index (χ4n) is 2.02. The number of thiophene rings is 1. The molecule has 1 aromatic heterocycles. The quantitative estimate of drug-likeness (QED) is 0.722. The molecule has 0 aliphatic heterocycles. The number of benzene rings is 1. The van der Waals surface area contributed by atoms with E-state index in [1.807, 2.05) is 11.3 Å². The maximum atomic E-state index is 2.49. The Hall–Kier alpha value is -0.863. The first-order valence-corrected chi connectivity index (χ1v) is 10.2. The summed E-state index contributed by atoms with van der Waals surface area (Å²) in [5.74, 6) is 0. The number of rotatable bonds is 4. The minimum Gasteiger partial charge on any atom is -0.150 e. The van der Waals surface area contributed by atoms with Gasteiger partial charge in [0.15, 0.2) is 0 Å². The fraction of sp³-hybridized carbons (Fsp3) is 0.333. The van der Waals surface area contributed by atoms with Gasteiger partial charge >= 0.3 is 0 Å². The van der Waals surface area contributed by atoms with E-state index in [9.17, 15) is 0 Å². The van der Waals surface area contributed by atoms with Crippen molar-refractivity contribution in [2.75, 3.05) is 0 Å². The zero-order valence-electron chi connectivity index (χ0n) is 10.9. The van der Waals surface area contributed by atoms with Crippen LogP contribution in [0.3, 0.4) is 0 Å². The molecular weight excluding hydrogens is 240 g/mol. The molecule has 0 fully saturated rings. The lowest BCUT2D eigenvalue weighted by atomic mass is 10.2. The van der Waals surface area contributed by atoms with Gasteiger partial charge in [0, 0.05) is 4.88 Å². The van der Waals surface area contributed by atoms with Crippen molar-refractivity contribution in [1.82, 2.24) is 0 Å². The van der Waals surface area contributed by atoms with Crippen molar-refractivity contribution in [2.24, 2.45) is 0 Å². The number of hydrogen-bond donors (Lipinski definition) is 0. The highest BCUT2D eigenvalue weighted by Gasteiger charge is 2.24. The minimum absolute atomic E-state index is 1.22. The first-order chi connectivity index (χ1) is 8.08. The summed E-state index contributed by atoms with van der Waals surface area (Å²) in [7, 11) is -1.22. The minimum atomic E-state index is -1.22.